The summed E-state index contributed by atoms with van der Waals surface area (Å²) >= 11 is 1.05. The van der Waals surface area contributed by atoms with Crippen LogP contribution in [0.4, 0.5) is 13.2 Å². The first kappa shape index (κ1) is 20.1. The predicted octanol–water partition coefficient (Wildman–Crippen LogP) is 5.57. The van der Waals surface area contributed by atoms with Gasteiger partial charge >= 0.3 is 6.18 Å². The third-order valence-corrected chi connectivity index (χ3v) is 5.55. The van der Waals surface area contributed by atoms with E-state index in [1.54, 1.807) is 48.5 Å². The van der Waals surface area contributed by atoms with Gasteiger partial charge in [-0.2, -0.15) is 18.4 Å². The normalized spacial score (nSPS) is 15.5. The number of para-hydroxylation sites is 2. The van der Waals surface area contributed by atoms with Crippen molar-refractivity contribution in [2.24, 2.45) is 0 Å². The molecule has 0 fully saturated rings. The number of rotatable bonds is 4. The summed E-state index contributed by atoms with van der Waals surface area (Å²) in [5, 5.41) is 9.45. The van der Waals surface area contributed by atoms with Gasteiger partial charge in [-0.15, -0.1) is 11.8 Å². The Morgan fingerprint density at radius 2 is 1.77 bits per heavy atom. The van der Waals surface area contributed by atoms with Gasteiger partial charge in [0.15, 0.2) is 11.5 Å². The lowest BCUT2D eigenvalue weighted by Gasteiger charge is -2.26. The van der Waals surface area contributed by atoms with Crippen LogP contribution in [0.2, 0.25) is 0 Å². The van der Waals surface area contributed by atoms with E-state index in [2.05, 4.69) is 4.98 Å². The van der Waals surface area contributed by atoms with Gasteiger partial charge in [0.1, 0.15) is 23.8 Å². The van der Waals surface area contributed by atoms with Crippen molar-refractivity contribution in [1.82, 2.24) is 4.98 Å². The molecular weight excluding hydrogens is 413 g/mol. The molecule has 1 aromatic heterocycles. The molecule has 2 heterocycles. The molecule has 0 unspecified atom stereocenters. The van der Waals surface area contributed by atoms with Crippen molar-refractivity contribution in [2.75, 3.05) is 12.4 Å². The molecule has 0 spiro atoms. The van der Waals surface area contributed by atoms with Crippen LogP contribution in [0.15, 0.2) is 65.7 Å². The summed E-state index contributed by atoms with van der Waals surface area (Å²) in [6.45, 7) is 0.260. The lowest BCUT2D eigenvalue weighted by atomic mass is 10.1. The fraction of sp³-hybridized carbons (Fsp3) is 0.182. The number of thioether (sulfide) groups is 1. The van der Waals surface area contributed by atoms with Crippen LogP contribution in [0.5, 0.6) is 11.5 Å². The second-order valence-electron chi connectivity index (χ2n) is 6.52. The molecule has 0 N–H and O–H groups in total. The van der Waals surface area contributed by atoms with Crippen LogP contribution in [-0.4, -0.2) is 23.4 Å². The van der Waals surface area contributed by atoms with Crippen molar-refractivity contribution < 1.29 is 22.6 Å². The van der Waals surface area contributed by atoms with Crippen LogP contribution in [0.3, 0.4) is 0 Å². The minimum atomic E-state index is -4.67. The van der Waals surface area contributed by atoms with E-state index in [1.807, 2.05) is 12.1 Å². The first-order valence-corrected chi connectivity index (χ1v) is 10.0. The number of hydrogen-bond acceptors (Lipinski definition) is 5. The van der Waals surface area contributed by atoms with Crippen LogP contribution in [-0.2, 0) is 6.18 Å². The fourth-order valence-corrected chi connectivity index (χ4v) is 4.00. The highest BCUT2D eigenvalue weighted by molar-refractivity contribution is 7.99. The molecule has 1 aliphatic rings. The summed E-state index contributed by atoms with van der Waals surface area (Å²) in [6.07, 6.45) is -5.05. The number of nitriles is 1. The Morgan fingerprint density at radius 1 is 1.07 bits per heavy atom. The topological polar surface area (TPSA) is 55.1 Å². The van der Waals surface area contributed by atoms with Gasteiger partial charge in [-0.25, -0.2) is 4.98 Å². The van der Waals surface area contributed by atoms with Gasteiger partial charge in [-0.05, 0) is 18.2 Å². The number of halogens is 3. The minimum absolute atomic E-state index is 0.0219. The molecule has 0 saturated heterocycles. The van der Waals surface area contributed by atoms with E-state index in [1.165, 1.54) is 0 Å². The van der Waals surface area contributed by atoms with E-state index >= 15 is 0 Å². The number of fused-ring (bicyclic) bond motifs is 1. The maximum Gasteiger partial charge on any atom is 0.417 e. The van der Waals surface area contributed by atoms with Gasteiger partial charge in [0.2, 0.25) is 0 Å². The Morgan fingerprint density at radius 3 is 2.47 bits per heavy atom. The first-order valence-electron chi connectivity index (χ1n) is 9.05. The smallest absolute Gasteiger partial charge is 0.417 e. The molecule has 8 heteroatoms. The van der Waals surface area contributed by atoms with E-state index in [0.717, 1.165) is 17.8 Å². The molecular formula is C22H15F3N2O2S. The van der Waals surface area contributed by atoms with Gasteiger partial charge < -0.3 is 9.47 Å². The van der Waals surface area contributed by atoms with Crippen molar-refractivity contribution in [3.63, 3.8) is 0 Å². The summed E-state index contributed by atoms with van der Waals surface area (Å²) in [4.78, 5) is 4.36. The standard InChI is InChI=1S/C22H15F3N2O2S/c23-22(24,25)17-10-18(14-6-2-1-3-7-14)27-21(16(17)11-26)30-13-15-12-28-19-8-4-5-9-20(19)29-15/h1-10,15H,12-13H2/t15-/m0/s1. The number of nitrogens with zero attached hydrogens (tertiary/aromatic N) is 2. The maximum absolute atomic E-state index is 13.6. The maximum atomic E-state index is 13.6. The highest BCUT2D eigenvalue weighted by atomic mass is 32.2. The van der Waals surface area contributed by atoms with Crippen LogP contribution in [0, 0.1) is 11.3 Å². The monoisotopic (exact) mass is 428 g/mol. The molecule has 1 atom stereocenters. The minimum Gasteiger partial charge on any atom is -0.486 e. The number of aromatic nitrogens is 1. The van der Waals surface area contributed by atoms with Gasteiger partial charge in [-0.1, -0.05) is 42.5 Å². The zero-order chi connectivity index (χ0) is 21.1. The SMILES string of the molecule is N#Cc1c(C(F)(F)F)cc(-c2ccccc2)nc1SC[C@@H]1COc2ccccc2O1. The zero-order valence-corrected chi connectivity index (χ0v) is 16.3. The van der Waals surface area contributed by atoms with Crippen molar-refractivity contribution in [2.45, 2.75) is 17.3 Å². The zero-order valence-electron chi connectivity index (χ0n) is 15.5. The number of benzene rings is 2. The van der Waals surface area contributed by atoms with Gasteiger partial charge in [0.25, 0.3) is 0 Å². The Kier molecular flexibility index (Phi) is 5.55. The highest BCUT2D eigenvalue weighted by Gasteiger charge is 2.36. The van der Waals surface area contributed by atoms with Crippen molar-refractivity contribution in [3.05, 3.63) is 71.8 Å². The van der Waals surface area contributed by atoms with E-state index < -0.39 is 17.3 Å². The average Bonchev–Trinajstić information content (AvgIpc) is 2.76. The van der Waals surface area contributed by atoms with E-state index in [0.29, 0.717) is 17.1 Å². The highest BCUT2D eigenvalue weighted by Crippen LogP contribution is 2.39. The van der Waals surface area contributed by atoms with Gasteiger partial charge in [-0.3, -0.25) is 0 Å². The Hall–Kier alpha value is -3.18. The summed E-state index contributed by atoms with van der Waals surface area (Å²) in [6, 6.07) is 18.4. The number of ether oxygens (including phenoxy) is 2. The number of pyridine rings is 1. The van der Waals surface area contributed by atoms with Crippen LogP contribution in [0.1, 0.15) is 11.1 Å². The molecule has 4 rings (SSSR count). The van der Waals surface area contributed by atoms with Crippen molar-refractivity contribution in [1.29, 1.82) is 5.26 Å². The molecule has 3 aromatic rings. The van der Waals surface area contributed by atoms with E-state index in [9.17, 15) is 18.4 Å². The first-order chi connectivity index (χ1) is 14.5. The third kappa shape index (κ3) is 4.21. The van der Waals surface area contributed by atoms with Crippen molar-refractivity contribution in [3.8, 4) is 28.8 Å². The molecule has 0 radical (unpaired) electrons. The van der Waals surface area contributed by atoms with Crippen molar-refractivity contribution >= 4 is 11.8 Å². The molecule has 152 valence electrons. The summed E-state index contributed by atoms with van der Waals surface area (Å²) in [7, 11) is 0. The third-order valence-electron chi connectivity index (χ3n) is 4.45. The molecule has 0 aliphatic carbocycles. The number of hydrogen-bond donors (Lipinski definition) is 0. The lowest BCUT2D eigenvalue weighted by molar-refractivity contribution is -0.138. The fourth-order valence-electron chi connectivity index (χ4n) is 3.03. The number of alkyl halides is 3. The van der Waals surface area contributed by atoms with Crippen LogP contribution < -0.4 is 9.47 Å². The average molecular weight is 428 g/mol. The van der Waals surface area contributed by atoms with Gasteiger partial charge in [0, 0.05) is 11.3 Å². The Bertz CT molecular complexity index is 1100. The molecule has 0 saturated carbocycles. The molecule has 1 aliphatic heterocycles. The lowest BCUT2D eigenvalue weighted by Crippen LogP contribution is -2.31. The Balaban J connectivity index is 1.64. The quantitative estimate of drug-likeness (QED) is 0.509. The second kappa shape index (κ2) is 8.28. The van der Waals surface area contributed by atoms with E-state index in [-0.39, 0.29) is 29.2 Å². The molecule has 30 heavy (non-hydrogen) atoms. The largest absolute Gasteiger partial charge is 0.486 e. The summed E-state index contributed by atoms with van der Waals surface area (Å²) < 4.78 is 52.4. The molecule has 0 bridgehead atoms. The second-order valence-corrected chi connectivity index (χ2v) is 7.53. The van der Waals surface area contributed by atoms with Crippen LogP contribution >= 0.6 is 11.8 Å². The summed E-state index contributed by atoms with van der Waals surface area (Å²) in [5.74, 6) is 1.49. The van der Waals surface area contributed by atoms with E-state index in [4.69, 9.17) is 9.47 Å². The molecule has 4 nitrogen and oxygen atoms in total. The van der Waals surface area contributed by atoms with Crippen LogP contribution in [0.25, 0.3) is 11.3 Å². The predicted molar refractivity (Wildman–Crippen MR) is 106 cm³/mol. The molecule has 0 amide bonds. The van der Waals surface area contributed by atoms with Gasteiger partial charge in [0.05, 0.1) is 16.8 Å². The molecule has 2 aromatic carbocycles. The Labute approximate surface area is 175 Å². The summed E-state index contributed by atoms with van der Waals surface area (Å²) in [5.41, 5.74) is -0.770.